The van der Waals surface area contributed by atoms with Crippen molar-refractivity contribution in [2.45, 2.75) is 70.0 Å². The zero-order valence-electron chi connectivity index (χ0n) is 22.9. The predicted molar refractivity (Wildman–Crippen MR) is 151 cm³/mol. The minimum absolute atomic E-state index is 0.0234. The number of aromatic nitrogens is 3. The minimum Gasteiger partial charge on any atom is -0.482 e. The largest absolute Gasteiger partial charge is 0.482 e. The Morgan fingerprint density at radius 3 is 2.69 bits per heavy atom. The highest BCUT2D eigenvalue weighted by atomic mass is 28.4. The second kappa shape index (κ2) is 11.6. The Kier molecular flexibility index (Phi) is 8.18. The van der Waals surface area contributed by atoms with E-state index in [4.69, 9.17) is 14.6 Å². The molecule has 1 aromatic heterocycles. The number of nitrogens with zero attached hydrogens (tertiary/aromatic N) is 4. The number of carbonyl (C=O) groups excluding carboxylic acids is 1. The first-order valence-corrected chi connectivity index (χ1v) is 16.8. The van der Waals surface area contributed by atoms with Crippen LogP contribution in [-0.2, 0) is 28.9 Å². The average molecular weight is 551 g/mol. The van der Waals surface area contributed by atoms with E-state index in [1.165, 1.54) is 0 Å². The summed E-state index contributed by atoms with van der Waals surface area (Å²) in [5.41, 5.74) is 3.63. The number of para-hydroxylation sites is 2. The van der Waals surface area contributed by atoms with Crippen LogP contribution in [-0.4, -0.2) is 64.5 Å². The highest BCUT2D eigenvalue weighted by molar-refractivity contribution is 6.71. The molecule has 39 heavy (non-hydrogen) atoms. The number of aliphatic hydroxyl groups is 1. The minimum atomic E-state index is -2.48. The topological polar surface area (TPSA) is 110 Å². The molecule has 2 aromatic carbocycles. The summed E-state index contributed by atoms with van der Waals surface area (Å²) in [4.78, 5) is 25.7. The van der Waals surface area contributed by atoms with Crippen LogP contribution in [0.15, 0.2) is 54.7 Å². The number of ether oxygens (including phenoxy) is 2. The number of anilines is 2. The molecule has 2 aliphatic rings. The Morgan fingerprint density at radius 1 is 1.08 bits per heavy atom. The quantitative estimate of drug-likeness (QED) is 0.369. The van der Waals surface area contributed by atoms with Gasteiger partial charge in [0.2, 0.25) is 0 Å². The van der Waals surface area contributed by atoms with Gasteiger partial charge < -0.3 is 19.4 Å². The van der Waals surface area contributed by atoms with Crippen LogP contribution < -0.4 is 9.64 Å². The number of hydrogen-bond donors (Lipinski definition) is 2. The Bertz CT molecular complexity index is 1290. The second-order valence-corrected chi connectivity index (χ2v) is 15.2. The van der Waals surface area contributed by atoms with Crippen molar-refractivity contribution in [3.63, 3.8) is 0 Å². The van der Waals surface area contributed by atoms with Gasteiger partial charge in [0.05, 0.1) is 23.6 Å². The predicted octanol–water partition coefficient (Wildman–Crippen LogP) is 3.86. The molecule has 2 aliphatic heterocycles. The number of aliphatic hydroxyl groups excluding tert-OH is 1. The first-order chi connectivity index (χ1) is 18.7. The molecule has 5 rings (SSSR count). The van der Waals surface area contributed by atoms with E-state index in [0.717, 1.165) is 41.9 Å². The average Bonchev–Trinajstić information content (AvgIpc) is 3.49. The van der Waals surface area contributed by atoms with Gasteiger partial charge in [0, 0.05) is 37.0 Å². The van der Waals surface area contributed by atoms with Crippen LogP contribution in [0.4, 0.5) is 11.4 Å². The maximum Gasteiger partial charge on any atom is 0.269 e. The van der Waals surface area contributed by atoms with E-state index in [1.807, 2.05) is 55.7 Å². The zero-order valence-corrected chi connectivity index (χ0v) is 23.9. The molecule has 0 spiro atoms. The third-order valence-corrected chi connectivity index (χ3v) is 10.4. The van der Waals surface area contributed by atoms with Gasteiger partial charge in [-0.15, -0.1) is 5.10 Å². The Balaban J connectivity index is 1.26. The van der Waals surface area contributed by atoms with Crippen molar-refractivity contribution in [3.8, 4) is 5.75 Å². The van der Waals surface area contributed by atoms with Crippen LogP contribution in [0, 0.1) is 5.92 Å². The fourth-order valence-electron chi connectivity index (χ4n) is 6.16. The van der Waals surface area contributed by atoms with Crippen molar-refractivity contribution >= 4 is 25.6 Å². The molecule has 0 saturated carbocycles. The van der Waals surface area contributed by atoms with Gasteiger partial charge >= 0.3 is 0 Å². The van der Waals surface area contributed by atoms with Crippen LogP contribution >= 0.6 is 0 Å². The monoisotopic (exact) mass is 550 g/mol. The van der Waals surface area contributed by atoms with Gasteiger partial charge in [-0.25, -0.2) is 0 Å². The molecule has 2 N–H and O–H groups in total. The van der Waals surface area contributed by atoms with Gasteiger partial charge in [-0.3, -0.25) is 14.4 Å². The van der Waals surface area contributed by atoms with E-state index >= 15 is 0 Å². The number of rotatable bonds is 10. The molecule has 1 saturated heterocycles. The number of hydrogen-bond acceptors (Lipinski definition) is 7. The maximum atomic E-state index is 12.8. The lowest BCUT2D eigenvalue weighted by molar-refractivity contribution is -0.120. The first-order valence-electron chi connectivity index (χ1n) is 13.8. The molecule has 1 fully saturated rings. The van der Waals surface area contributed by atoms with Crippen molar-refractivity contribution in [3.05, 3.63) is 66.0 Å². The molecule has 0 radical (unpaired) electrons. The molecule has 0 unspecified atom stereocenters. The van der Waals surface area contributed by atoms with Crippen molar-refractivity contribution < 1.29 is 24.2 Å². The summed E-state index contributed by atoms with van der Waals surface area (Å²) in [5.74, 6) is 0.854. The Morgan fingerprint density at radius 2 is 1.90 bits per heavy atom. The van der Waals surface area contributed by atoms with Crippen LogP contribution in [0.1, 0.15) is 31.0 Å². The third kappa shape index (κ3) is 6.09. The summed E-state index contributed by atoms with van der Waals surface area (Å²) in [6.45, 7) is 6.94. The van der Waals surface area contributed by atoms with Gasteiger partial charge in [-0.2, -0.15) is 0 Å². The lowest BCUT2D eigenvalue weighted by atomic mass is 9.95. The summed E-state index contributed by atoms with van der Waals surface area (Å²) < 4.78 is 14.0. The molecule has 4 atom stereocenters. The summed E-state index contributed by atoms with van der Waals surface area (Å²) in [5, 5.41) is 17.4. The first kappa shape index (κ1) is 27.5. The molecule has 10 heteroatoms. The number of aryl methyl sites for hydroxylation is 2. The number of benzene rings is 2. The van der Waals surface area contributed by atoms with E-state index in [2.05, 4.69) is 29.4 Å². The standard InChI is InChI=1S/C29H38N4O5Si/c1-20-25(38-27(29(20)39(2,3)36)13-15-32-18-22(14-16-34)30-31-32)12-11-21-7-6-8-23(17-21)33-24-9-4-5-10-26(24)37-19-28(33)35/h4-10,17-18,20,25,27,29,34,36H,11-16,19H2,1-3H3/t20-,25+,27-,29+/m0/s1. The van der Waals surface area contributed by atoms with E-state index in [1.54, 1.807) is 9.58 Å². The normalized spacial score (nSPS) is 23.1. The van der Waals surface area contributed by atoms with Crippen LogP contribution in [0.25, 0.3) is 0 Å². The molecule has 0 bridgehead atoms. The second-order valence-electron chi connectivity index (χ2n) is 11.2. The summed E-state index contributed by atoms with van der Waals surface area (Å²) >= 11 is 0. The third-order valence-electron chi connectivity index (χ3n) is 7.91. The van der Waals surface area contributed by atoms with Gasteiger partial charge in [-0.05, 0) is 68.1 Å². The fraction of sp³-hybridized carbons (Fsp3) is 0.483. The molecule has 1 amide bonds. The summed E-state index contributed by atoms with van der Waals surface area (Å²) in [7, 11) is -2.48. The number of amides is 1. The maximum absolute atomic E-state index is 12.8. The molecule has 208 valence electrons. The van der Waals surface area contributed by atoms with Crippen molar-refractivity contribution in [2.24, 2.45) is 5.92 Å². The Hall–Kier alpha value is -3.05. The van der Waals surface area contributed by atoms with Crippen molar-refractivity contribution in [2.75, 3.05) is 18.1 Å². The summed E-state index contributed by atoms with van der Waals surface area (Å²) in [6.07, 6.45) is 4.74. The van der Waals surface area contributed by atoms with Gasteiger partial charge in [0.1, 0.15) is 5.75 Å². The lowest BCUT2D eigenvalue weighted by Gasteiger charge is -2.30. The van der Waals surface area contributed by atoms with Crippen molar-refractivity contribution in [1.82, 2.24) is 15.0 Å². The highest BCUT2D eigenvalue weighted by Gasteiger charge is 2.49. The summed E-state index contributed by atoms with van der Waals surface area (Å²) in [6, 6.07) is 15.7. The SMILES string of the molecule is C[C@@H]1[C@@H]([Si](C)(C)O)[C@H](CCn2cc(CCO)nn2)O[C@@H]1CCc1cccc(N2C(=O)COc3ccccc32)c1. The molecule has 0 aliphatic carbocycles. The highest BCUT2D eigenvalue weighted by Crippen LogP contribution is 2.46. The van der Waals surface area contributed by atoms with Crippen LogP contribution in [0.2, 0.25) is 18.6 Å². The zero-order chi connectivity index (χ0) is 27.6. The van der Waals surface area contributed by atoms with E-state index in [9.17, 15) is 9.59 Å². The molecule has 9 nitrogen and oxygen atoms in total. The van der Waals surface area contributed by atoms with Crippen molar-refractivity contribution in [1.29, 1.82) is 0 Å². The molecule has 3 heterocycles. The fourth-order valence-corrected chi connectivity index (χ4v) is 8.82. The Labute approximate surface area is 230 Å². The smallest absolute Gasteiger partial charge is 0.269 e. The van der Waals surface area contributed by atoms with Crippen LogP contribution in [0.3, 0.4) is 0 Å². The van der Waals surface area contributed by atoms with Gasteiger partial charge in [0.15, 0.2) is 14.9 Å². The molecule has 3 aromatic rings. The van der Waals surface area contributed by atoms with E-state index < -0.39 is 8.32 Å². The van der Waals surface area contributed by atoms with Gasteiger partial charge in [-0.1, -0.05) is 36.4 Å². The van der Waals surface area contributed by atoms with Gasteiger partial charge in [0.25, 0.3) is 5.91 Å². The number of carbonyl (C=O) groups is 1. The van der Waals surface area contributed by atoms with E-state index in [-0.39, 0.29) is 42.8 Å². The van der Waals surface area contributed by atoms with E-state index in [0.29, 0.717) is 18.7 Å². The van der Waals surface area contributed by atoms with Crippen LogP contribution in [0.5, 0.6) is 5.75 Å². The number of fused-ring (bicyclic) bond motifs is 1. The molecular formula is C29H38N4O5Si. The lowest BCUT2D eigenvalue weighted by Crippen LogP contribution is -2.40. The molecular weight excluding hydrogens is 512 g/mol.